The van der Waals surface area contributed by atoms with Crippen LogP contribution in [-0.4, -0.2) is 49.3 Å². The lowest BCUT2D eigenvalue weighted by Crippen LogP contribution is -2.29. The van der Waals surface area contributed by atoms with E-state index in [4.69, 9.17) is 24.3 Å². The zero-order valence-electron chi connectivity index (χ0n) is 40.1. The second-order valence-corrected chi connectivity index (χ2v) is 16.7. The van der Waals surface area contributed by atoms with E-state index in [9.17, 15) is 19.0 Å². The normalized spacial score (nSPS) is 14.5. The molecule has 0 saturated heterocycles. The predicted octanol–water partition coefficient (Wildman–Crippen LogP) is 14.8. The van der Waals surface area contributed by atoms with E-state index >= 15 is 0 Å². The largest absolute Gasteiger partial charge is 0.472 e. The molecule has 0 aromatic heterocycles. The van der Waals surface area contributed by atoms with Crippen LogP contribution < -0.4 is 5.73 Å². The first-order valence-corrected chi connectivity index (χ1v) is 25.8. The fourth-order valence-corrected chi connectivity index (χ4v) is 6.47. The summed E-state index contributed by atoms with van der Waals surface area (Å²) in [6.07, 6.45) is 70.3. The topological polar surface area (TPSA) is 134 Å². The fourth-order valence-electron chi connectivity index (χ4n) is 5.71. The van der Waals surface area contributed by atoms with Crippen LogP contribution in [0.15, 0.2) is 146 Å². The molecular formula is C55H86NO8P. The number of rotatable bonds is 43. The second kappa shape index (κ2) is 49.3. The van der Waals surface area contributed by atoms with Crippen molar-refractivity contribution in [2.45, 2.75) is 161 Å². The lowest BCUT2D eigenvalue weighted by Gasteiger charge is -2.19. The van der Waals surface area contributed by atoms with Crippen molar-refractivity contribution >= 4 is 19.8 Å². The van der Waals surface area contributed by atoms with E-state index in [-0.39, 0.29) is 32.6 Å². The summed E-state index contributed by atoms with van der Waals surface area (Å²) in [4.78, 5) is 35.0. The minimum atomic E-state index is -4.41. The summed E-state index contributed by atoms with van der Waals surface area (Å²) >= 11 is 0. The number of phosphoric acid groups is 1. The van der Waals surface area contributed by atoms with Crippen molar-refractivity contribution in [3.63, 3.8) is 0 Å². The zero-order valence-corrected chi connectivity index (χ0v) is 41.0. The Morgan fingerprint density at radius 3 is 1.23 bits per heavy atom. The van der Waals surface area contributed by atoms with Crippen molar-refractivity contribution in [1.29, 1.82) is 0 Å². The smallest absolute Gasteiger partial charge is 0.462 e. The zero-order chi connectivity index (χ0) is 47.4. The molecular weight excluding hydrogens is 834 g/mol. The van der Waals surface area contributed by atoms with E-state index in [1.165, 1.54) is 0 Å². The fraction of sp³-hybridized carbons (Fsp3) is 0.527. The Balaban J connectivity index is 4.24. The molecule has 0 amide bonds. The summed E-state index contributed by atoms with van der Waals surface area (Å²) in [5, 5.41) is 0. The van der Waals surface area contributed by atoms with Gasteiger partial charge in [-0.05, 0) is 109 Å². The molecule has 2 unspecified atom stereocenters. The number of unbranched alkanes of at least 4 members (excludes halogenated alkanes) is 6. The van der Waals surface area contributed by atoms with Crippen LogP contribution in [0.1, 0.15) is 155 Å². The monoisotopic (exact) mass is 920 g/mol. The van der Waals surface area contributed by atoms with E-state index in [1.54, 1.807) is 0 Å². The average Bonchev–Trinajstić information content (AvgIpc) is 3.30. The molecule has 0 radical (unpaired) electrons. The number of ether oxygens (including phenoxy) is 2. The highest BCUT2D eigenvalue weighted by Gasteiger charge is 2.26. The van der Waals surface area contributed by atoms with Crippen LogP contribution >= 0.6 is 7.82 Å². The molecule has 0 aliphatic rings. The van der Waals surface area contributed by atoms with E-state index in [0.29, 0.717) is 12.8 Å². The van der Waals surface area contributed by atoms with Crippen LogP contribution in [0, 0.1) is 0 Å². The Labute approximate surface area is 395 Å². The van der Waals surface area contributed by atoms with Crippen LogP contribution in [0.25, 0.3) is 0 Å². The molecule has 0 bridgehead atoms. The van der Waals surface area contributed by atoms with Crippen LogP contribution in [0.3, 0.4) is 0 Å². The van der Waals surface area contributed by atoms with Gasteiger partial charge < -0.3 is 20.1 Å². The Kier molecular flexibility index (Phi) is 46.2. The first-order valence-electron chi connectivity index (χ1n) is 24.3. The third-order valence-electron chi connectivity index (χ3n) is 9.22. The van der Waals surface area contributed by atoms with Gasteiger partial charge in [-0.25, -0.2) is 4.57 Å². The maximum Gasteiger partial charge on any atom is 0.472 e. The summed E-state index contributed by atoms with van der Waals surface area (Å²) in [6, 6.07) is 0. The highest BCUT2D eigenvalue weighted by atomic mass is 31.2. The number of nitrogens with two attached hydrogens (primary N) is 1. The predicted molar refractivity (Wildman–Crippen MR) is 274 cm³/mol. The van der Waals surface area contributed by atoms with Crippen LogP contribution in [-0.2, 0) is 32.7 Å². The minimum Gasteiger partial charge on any atom is -0.462 e. The summed E-state index contributed by atoms with van der Waals surface area (Å²) in [7, 11) is -4.41. The van der Waals surface area contributed by atoms with Crippen LogP contribution in [0.4, 0.5) is 0 Å². The van der Waals surface area contributed by atoms with Gasteiger partial charge in [-0.1, -0.05) is 179 Å². The molecule has 0 heterocycles. The van der Waals surface area contributed by atoms with Crippen molar-refractivity contribution in [3.8, 4) is 0 Å². The molecule has 364 valence electrons. The Hall–Kier alpha value is -4.11. The number of hydrogen-bond donors (Lipinski definition) is 2. The average molecular weight is 920 g/mol. The highest BCUT2D eigenvalue weighted by Crippen LogP contribution is 2.43. The number of hydrogen-bond acceptors (Lipinski definition) is 8. The number of carbonyl (C=O) groups is 2. The first-order chi connectivity index (χ1) is 31.8. The van der Waals surface area contributed by atoms with E-state index in [2.05, 4.69) is 154 Å². The van der Waals surface area contributed by atoms with Gasteiger partial charge in [-0.15, -0.1) is 0 Å². The van der Waals surface area contributed by atoms with Gasteiger partial charge in [0.05, 0.1) is 13.2 Å². The highest BCUT2D eigenvalue weighted by molar-refractivity contribution is 7.47. The molecule has 65 heavy (non-hydrogen) atoms. The van der Waals surface area contributed by atoms with Gasteiger partial charge >= 0.3 is 19.8 Å². The molecule has 10 heteroatoms. The first kappa shape index (κ1) is 60.9. The van der Waals surface area contributed by atoms with Crippen molar-refractivity contribution < 1.29 is 37.6 Å². The van der Waals surface area contributed by atoms with Gasteiger partial charge in [0, 0.05) is 19.4 Å². The summed E-state index contributed by atoms with van der Waals surface area (Å²) in [5.74, 6) is -0.936. The summed E-state index contributed by atoms with van der Waals surface area (Å²) in [6.45, 7) is 3.38. The standard InChI is InChI=1S/C55H86NO8P/c1-3-5-7-9-11-13-15-17-19-21-22-23-24-25-26-27-28-29-30-32-34-36-38-40-42-44-46-48-55(58)64-53(52-63-65(59,60)62-50-49-56)51-61-54(57)47-45-43-41-39-37-35-33-31-20-18-16-14-12-10-8-6-4-2/h5-8,11-14,17-20,22-23,25-26,28-29,32-35,39,41,53H,3-4,9-10,15-16,21,24,27,30-31,36-38,40,42-52,56H2,1-2H3,(H,59,60)/b7-5-,8-6-,13-11-,14-12-,19-17-,20-18-,23-22-,26-25-,29-28-,34-32-,35-33-,41-39-. The Morgan fingerprint density at radius 2 is 0.815 bits per heavy atom. The molecule has 0 aliphatic carbocycles. The van der Waals surface area contributed by atoms with Crippen molar-refractivity contribution in [2.75, 3.05) is 26.4 Å². The van der Waals surface area contributed by atoms with E-state index in [0.717, 1.165) is 116 Å². The van der Waals surface area contributed by atoms with E-state index in [1.807, 2.05) is 6.08 Å². The van der Waals surface area contributed by atoms with Crippen molar-refractivity contribution in [1.82, 2.24) is 0 Å². The van der Waals surface area contributed by atoms with Gasteiger partial charge in [-0.2, -0.15) is 0 Å². The molecule has 0 aromatic carbocycles. The third kappa shape index (κ3) is 49.2. The van der Waals surface area contributed by atoms with E-state index < -0.39 is 32.5 Å². The van der Waals surface area contributed by atoms with Gasteiger partial charge in [-0.3, -0.25) is 18.6 Å². The van der Waals surface area contributed by atoms with Crippen LogP contribution in [0.2, 0.25) is 0 Å². The van der Waals surface area contributed by atoms with Crippen molar-refractivity contribution in [3.05, 3.63) is 146 Å². The molecule has 2 atom stereocenters. The lowest BCUT2D eigenvalue weighted by atomic mass is 10.1. The number of esters is 2. The molecule has 0 aromatic rings. The Bertz CT molecular complexity index is 1560. The lowest BCUT2D eigenvalue weighted by molar-refractivity contribution is -0.161. The Morgan fingerprint density at radius 1 is 0.462 bits per heavy atom. The van der Waals surface area contributed by atoms with Gasteiger partial charge in [0.2, 0.25) is 0 Å². The minimum absolute atomic E-state index is 0.0331. The molecule has 0 saturated carbocycles. The van der Waals surface area contributed by atoms with Gasteiger partial charge in [0.25, 0.3) is 0 Å². The van der Waals surface area contributed by atoms with Gasteiger partial charge in [0.15, 0.2) is 6.10 Å². The van der Waals surface area contributed by atoms with Gasteiger partial charge in [0.1, 0.15) is 6.61 Å². The SMILES string of the molecule is CC/C=C\C/C=C\C/C=C\C/C=C\C/C=C\C/C=C\C/C=C\CCCCCCCC(=O)OC(COC(=O)CCC/C=C\C/C=C\C/C=C\C/C=C\C/C=C\CC)COP(=O)(O)OCCN. The molecule has 0 rings (SSSR count). The summed E-state index contributed by atoms with van der Waals surface area (Å²) in [5.41, 5.74) is 5.35. The molecule has 9 nitrogen and oxygen atoms in total. The van der Waals surface area contributed by atoms with Crippen LogP contribution in [0.5, 0.6) is 0 Å². The second-order valence-electron chi connectivity index (χ2n) is 15.2. The number of allylic oxidation sites excluding steroid dienone is 24. The maximum atomic E-state index is 12.6. The molecule has 0 spiro atoms. The maximum absolute atomic E-state index is 12.6. The third-order valence-corrected chi connectivity index (χ3v) is 10.2. The molecule has 3 N–H and O–H groups in total. The number of phosphoric ester groups is 1. The molecule has 0 fully saturated rings. The molecule has 0 aliphatic heterocycles. The quantitative estimate of drug-likeness (QED) is 0.0265. The van der Waals surface area contributed by atoms with Crippen molar-refractivity contribution in [2.24, 2.45) is 5.73 Å². The summed E-state index contributed by atoms with van der Waals surface area (Å²) < 4.78 is 32.8. The number of carbonyl (C=O) groups excluding carboxylic acids is 2.